The van der Waals surface area contributed by atoms with Crippen LogP contribution < -0.4 is 15.4 Å². The highest BCUT2D eigenvalue weighted by molar-refractivity contribution is 7.23. The van der Waals surface area contributed by atoms with Crippen molar-refractivity contribution in [3.8, 4) is 23.2 Å². The average molecular weight is 687 g/mol. The molecule has 0 aliphatic carbocycles. The van der Waals surface area contributed by atoms with Gasteiger partial charge in [0.2, 0.25) is 11.6 Å². The predicted molar refractivity (Wildman–Crippen MR) is 182 cm³/mol. The fraction of sp³-hybridized carbons (Fsp3) is 0.400. The Hall–Kier alpha value is -4.92. The highest BCUT2D eigenvalue weighted by Gasteiger charge is 2.49. The number of anilines is 2. The first-order valence-electron chi connectivity index (χ1n) is 16.2. The first-order valence-corrected chi connectivity index (χ1v) is 17.0. The molecule has 0 bridgehead atoms. The summed E-state index contributed by atoms with van der Waals surface area (Å²) in [6.45, 7) is 15.7. The lowest BCUT2D eigenvalue weighted by Crippen LogP contribution is -2.43. The molecule has 3 atom stereocenters. The number of halogens is 3. The van der Waals surface area contributed by atoms with Crippen LogP contribution in [0.2, 0.25) is 0 Å². The number of likely N-dealkylation sites (N-methyl/N-ethyl adjacent to an activating group) is 1. The SMILES string of the molecule is [C-]#[N+]c1c(N)sc2c(F)ccc(-c3c(C#N)cc4c(N(CC)[C@@H]5CCN(C(=O)C=C)C5)nc(OC[C@@]56CCCN5C[C@H](F)C6)nc4c3F)c12. The summed E-state index contributed by atoms with van der Waals surface area (Å²) in [6, 6.07) is 5.79. The molecule has 14 heteroatoms. The van der Waals surface area contributed by atoms with Crippen LogP contribution in [0.3, 0.4) is 0 Å². The number of aromatic nitrogens is 2. The molecule has 5 heterocycles. The molecule has 2 N–H and O–H groups in total. The molecule has 1 amide bonds. The number of carbonyl (C=O) groups excluding carboxylic acids is 1. The Morgan fingerprint density at radius 3 is 2.90 bits per heavy atom. The second-order valence-electron chi connectivity index (χ2n) is 12.8. The molecule has 0 spiro atoms. The van der Waals surface area contributed by atoms with Crippen molar-refractivity contribution in [2.24, 2.45) is 0 Å². The van der Waals surface area contributed by atoms with Gasteiger partial charge >= 0.3 is 6.01 Å². The van der Waals surface area contributed by atoms with Gasteiger partial charge < -0.3 is 20.3 Å². The Bertz CT molecular complexity index is 2110. The van der Waals surface area contributed by atoms with Crippen molar-refractivity contribution < 1.29 is 22.7 Å². The third kappa shape index (κ3) is 5.30. The number of ether oxygens (including phenoxy) is 1. The average Bonchev–Trinajstić information content (AvgIpc) is 3.87. The van der Waals surface area contributed by atoms with Gasteiger partial charge in [-0.05, 0) is 56.5 Å². The normalized spacial score (nSPS) is 22.0. The molecule has 0 radical (unpaired) electrons. The van der Waals surface area contributed by atoms with Crippen molar-refractivity contribution in [3.63, 3.8) is 0 Å². The molecular weight excluding hydrogens is 654 g/mol. The second kappa shape index (κ2) is 12.5. The molecule has 3 fully saturated rings. The number of amides is 1. The topological polar surface area (TPSA) is 116 Å². The van der Waals surface area contributed by atoms with E-state index in [1.165, 1.54) is 18.2 Å². The molecular formula is C35H33F3N8O2S. The summed E-state index contributed by atoms with van der Waals surface area (Å²) in [5.41, 5.74) is 5.32. The number of alkyl halides is 1. The Kier molecular flexibility index (Phi) is 8.33. The van der Waals surface area contributed by atoms with Crippen molar-refractivity contribution in [1.29, 1.82) is 5.26 Å². The number of nitrogens with zero attached hydrogens (tertiary/aromatic N) is 7. The van der Waals surface area contributed by atoms with E-state index in [4.69, 9.17) is 22.0 Å². The van der Waals surface area contributed by atoms with Crippen molar-refractivity contribution in [2.45, 2.75) is 50.4 Å². The molecule has 10 nitrogen and oxygen atoms in total. The molecule has 4 aromatic rings. The van der Waals surface area contributed by atoms with Crippen molar-refractivity contribution in [2.75, 3.05) is 50.0 Å². The summed E-state index contributed by atoms with van der Waals surface area (Å²) in [4.78, 5) is 31.0. The molecule has 0 unspecified atom stereocenters. The van der Waals surface area contributed by atoms with Crippen LogP contribution >= 0.6 is 11.3 Å². The highest BCUT2D eigenvalue weighted by Crippen LogP contribution is 2.48. The Labute approximate surface area is 285 Å². The van der Waals surface area contributed by atoms with Gasteiger partial charge in [-0.1, -0.05) is 12.6 Å². The fourth-order valence-electron chi connectivity index (χ4n) is 7.87. The third-order valence-corrected chi connectivity index (χ3v) is 11.1. The summed E-state index contributed by atoms with van der Waals surface area (Å²) in [5.74, 6) is -1.36. The molecule has 7 rings (SSSR count). The van der Waals surface area contributed by atoms with Gasteiger partial charge in [-0.3, -0.25) is 9.69 Å². The Morgan fingerprint density at radius 2 is 2.16 bits per heavy atom. The van der Waals surface area contributed by atoms with Gasteiger partial charge in [0.25, 0.3) is 0 Å². The number of benzene rings is 2. The number of likely N-dealkylation sites (tertiary alicyclic amines) is 1. The standard InChI is InChI=1S/C35H33F3N8O2S/c1-4-25(47)44-12-9-21(17-44)46(5-2)33-23-13-19(15-39)26(22-7-8-24(37)31-27(22)30(41-3)32(40)49-31)28(38)29(23)42-34(43-33)48-18-35-10-6-11-45(35)16-20(36)14-35/h4,7-8,13,20-21H,1,5-6,9-12,14,16-18,40H2,2H3/t20-,21-,35+/m1/s1. The van der Waals surface area contributed by atoms with Crippen molar-refractivity contribution in [3.05, 3.63) is 59.5 Å². The number of nitrogen functional groups attached to an aromatic ring is 1. The van der Waals surface area contributed by atoms with Gasteiger partial charge in [0.15, 0.2) is 5.82 Å². The monoisotopic (exact) mass is 686 g/mol. The van der Waals surface area contributed by atoms with E-state index in [0.29, 0.717) is 44.8 Å². The first kappa shape index (κ1) is 32.6. The molecule has 3 saturated heterocycles. The summed E-state index contributed by atoms with van der Waals surface area (Å²) >= 11 is 0.884. The van der Waals surface area contributed by atoms with E-state index in [1.807, 2.05) is 11.8 Å². The molecule has 3 aliphatic heterocycles. The number of fused-ring (bicyclic) bond motifs is 3. The minimum atomic E-state index is -0.973. The number of carbonyl (C=O) groups is 1. The van der Waals surface area contributed by atoms with Crippen LogP contribution in [-0.2, 0) is 4.79 Å². The quantitative estimate of drug-likeness (QED) is 0.168. The zero-order valence-electron chi connectivity index (χ0n) is 26.8. The zero-order valence-corrected chi connectivity index (χ0v) is 27.6. The van der Waals surface area contributed by atoms with Gasteiger partial charge in [0, 0.05) is 55.0 Å². The number of hydrogen-bond acceptors (Lipinski definition) is 9. The summed E-state index contributed by atoms with van der Waals surface area (Å²) in [6.07, 6.45) is 2.89. The van der Waals surface area contributed by atoms with E-state index in [1.54, 1.807) is 4.90 Å². The summed E-state index contributed by atoms with van der Waals surface area (Å²) in [7, 11) is 0. The maximum Gasteiger partial charge on any atom is 0.319 e. The molecule has 0 saturated carbocycles. The van der Waals surface area contributed by atoms with Crippen LogP contribution in [0, 0.1) is 29.5 Å². The number of thiophene rings is 1. The summed E-state index contributed by atoms with van der Waals surface area (Å²) < 4.78 is 53.0. The predicted octanol–water partition coefficient (Wildman–Crippen LogP) is 6.36. The third-order valence-electron chi connectivity index (χ3n) is 10.1. The first-order chi connectivity index (χ1) is 23.6. The van der Waals surface area contributed by atoms with Gasteiger partial charge in [-0.2, -0.15) is 15.2 Å². The number of nitrogens with two attached hydrogens (primary N) is 1. The zero-order chi connectivity index (χ0) is 34.6. The molecule has 2 aromatic carbocycles. The number of nitriles is 1. The highest BCUT2D eigenvalue weighted by atomic mass is 32.1. The van der Waals surface area contributed by atoms with E-state index >= 15 is 4.39 Å². The number of hydrogen-bond donors (Lipinski definition) is 1. The largest absolute Gasteiger partial charge is 0.461 e. The van der Waals surface area contributed by atoms with Crippen LogP contribution in [0.15, 0.2) is 30.9 Å². The van der Waals surface area contributed by atoms with Crippen LogP contribution in [-0.4, -0.2) is 82.8 Å². The number of rotatable bonds is 8. The van der Waals surface area contributed by atoms with E-state index in [2.05, 4.69) is 27.4 Å². The van der Waals surface area contributed by atoms with E-state index in [0.717, 1.165) is 36.8 Å². The Balaban J connectivity index is 1.41. The van der Waals surface area contributed by atoms with Crippen LogP contribution in [0.4, 0.5) is 29.7 Å². The van der Waals surface area contributed by atoms with Gasteiger partial charge in [0.05, 0.1) is 33.4 Å². The lowest BCUT2D eigenvalue weighted by Gasteiger charge is -2.32. The fourth-order valence-corrected chi connectivity index (χ4v) is 8.81. The van der Waals surface area contributed by atoms with E-state index < -0.39 is 23.3 Å². The van der Waals surface area contributed by atoms with E-state index in [-0.39, 0.29) is 72.9 Å². The summed E-state index contributed by atoms with van der Waals surface area (Å²) in [5, 5.41) is 10.8. The van der Waals surface area contributed by atoms with Crippen molar-refractivity contribution >= 4 is 54.7 Å². The Morgan fingerprint density at radius 1 is 1.35 bits per heavy atom. The lowest BCUT2D eigenvalue weighted by atomic mass is 9.94. The smallest absolute Gasteiger partial charge is 0.319 e. The van der Waals surface area contributed by atoms with Crippen LogP contribution in [0.1, 0.15) is 38.2 Å². The van der Waals surface area contributed by atoms with Crippen LogP contribution in [0.5, 0.6) is 6.01 Å². The second-order valence-corrected chi connectivity index (χ2v) is 13.8. The molecule has 49 heavy (non-hydrogen) atoms. The minimum absolute atomic E-state index is 0.0228. The van der Waals surface area contributed by atoms with Gasteiger partial charge in [-0.15, -0.1) is 11.3 Å². The maximum absolute atomic E-state index is 17.2. The minimum Gasteiger partial charge on any atom is -0.461 e. The maximum atomic E-state index is 17.2. The van der Waals surface area contributed by atoms with E-state index in [9.17, 15) is 18.8 Å². The van der Waals surface area contributed by atoms with Gasteiger partial charge in [-0.25, -0.2) is 18.0 Å². The lowest BCUT2D eigenvalue weighted by molar-refractivity contribution is -0.125. The molecule has 3 aliphatic rings. The molecule has 252 valence electrons. The molecule has 2 aromatic heterocycles. The van der Waals surface area contributed by atoms with Crippen molar-refractivity contribution in [1.82, 2.24) is 19.8 Å². The van der Waals surface area contributed by atoms with Gasteiger partial charge in [0.1, 0.15) is 29.9 Å². The van der Waals surface area contributed by atoms with Crippen LogP contribution in [0.25, 0.3) is 37.0 Å².